The number of nitrogens with zero attached hydrogens (tertiary/aromatic N) is 1. The summed E-state index contributed by atoms with van der Waals surface area (Å²) in [5, 5.41) is 3.17. The number of nitrogens with one attached hydrogen (secondary N) is 1. The summed E-state index contributed by atoms with van der Waals surface area (Å²) < 4.78 is 15.2. The summed E-state index contributed by atoms with van der Waals surface area (Å²) in [6.07, 6.45) is 0. The Bertz CT molecular complexity index is 546. The molecule has 1 heterocycles. The van der Waals surface area contributed by atoms with Crippen LogP contribution in [0.3, 0.4) is 0 Å². The van der Waals surface area contributed by atoms with Gasteiger partial charge in [-0.2, -0.15) is 0 Å². The van der Waals surface area contributed by atoms with Gasteiger partial charge in [0.2, 0.25) is 0 Å². The fourth-order valence-electron chi connectivity index (χ4n) is 1.55. The highest BCUT2D eigenvalue weighted by molar-refractivity contribution is 9.10. The van der Waals surface area contributed by atoms with Crippen molar-refractivity contribution in [2.75, 3.05) is 0 Å². The van der Waals surface area contributed by atoms with E-state index in [0.29, 0.717) is 18.7 Å². The molecule has 0 amide bonds. The predicted octanol–water partition coefficient (Wildman–Crippen LogP) is 4.04. The van der Waals surface area contributed by atoms with Gasteiger partial charge in [-0.05, 0) is 46.3 Å². The molecular formula is C13H11Br2FN2. The fourth-order valence-corrected chi connectivity index (χ4v) is 2.34. The molecule has 18 heavy (non-hydrogen) atoms. The lowest BCUT2D eigenvalue weighted by atomic mass is 10.2. The van der Waals surface area contributed by atoms with E-state index in [1.807, 2.05) is 18.2 Å². The molecule has 0 aliphatic carbocycles. The molecule has 1 aromatic heterocycles. The number of halogens is 3. The molecule has 2 aromatic rings. The predicted molar refractivity (Wildman–Crippen MR) is 76.6 cm³/mol. The van der Waals surface area contributed by atoms with Crippen LogP contribution in [0.25, 0.3) is 0 Å². The number of aromatic nitrogens is 1. The third kappa shape index (κ3) is 3.86. The van der Waals surface area contributed by atoms with Crippen LogP contribution >= 0.6 is 31.9 Å². The van der Waals surface area contributed by atoms with E-state index in [4.69, 9.17) is 0 Å². The summed E-state index contributed by atoms with van der Waals surface area (Å²) in [6, 6.07) is 10.6. The van der Waals surface area contributed by atoms with Gasteiger partial charge in [-0.1, -0.05) is 22.0 Å². The monoisotopic (exact) mass is 372 g/mol. The van der Waals surface area contributed by atoms with Crippen molar-refractivity contribution < 1.29 is 4.39 Å². The van der Waals surface area contributed by atoms with Crippen molar-refractivity contribution >= 4 is 31.9 Å². The van der Waals surface area contributed by atoms with Gasteiger partial charge in [0.25, 0.3) is 0 Å². The maximum Gasteiger partial charge on any atom is 0.127 e. The first-order chi connectivity index (χ1) is 8.65. The second kappa shape index (κ2) is 6.41. The van der Waals surface area contributed by atoms with Crippen molar-refractivity contribution in [3.05, 3.63) is 62.5 Å². The van der Waals surface area contributed by atoms with Gasteiger partial charge in [0.1, 0.15) is 10.4 Å². The van der Waals surface area contributed by atoms with E-state index in [-0.39, 0.29) is 5.82 Å². The molecule has 0 radical (unpaired) electrons. The van der Waals surface area contributed by atoms with Crippen LogP contribution < -0.4 is 5.32 Å². The van der Waals surface area contributed by atoms with Crippen LogP contribution in [0.1, 0.15) is 11.3 Å². The van der Waals surface area contributed by atoms with Crippen LogP contribution in [0, 0.1) is 5.82 Å². The normalized spacial score (nSPS) is 10.6. The van der Waals surface area contributed by atoms with Gasteiger partial charge in [-0.3, -0.25) is 0 Å². The number of benzene rings is 1. The molecule has 1 aromatic carbocycles. The molecule has 0 saturated heterocycles. The van der Waals surface area contributed by atoms with Gasteiger partial charge in [0.05, 0.1) is 5.69 Å². The smallest absolute Gasteiger partial charge is 0.127 e. The topological polar surface area (TPSA) is 24.9 Å². The molecule has 0 fully saturated rings. The summed E-state index contributed by atoms with van der Waals surface area (Å²) in [6.45, 7) is 1.07. The van der Waals surface area contributed by atoms with Crippen molar-refractivity contribution in [3.63, 3.8) is 0 Å². The molecular weight excluding hydrogens is 363 g/mol. The Hall–Kier alpha value is -0.780. The average molecular weight is 374 g/mol. The average Bonchev–Trinajstić information content (AvgIpc) is 2.34. The van der Waals surface area contributed by atoms with Crippen LogP contribution in [0.15, 0.2) is 45.5 Å². The van der Waals surface area contributed by atoms with Crippen LogP contribution in [0.4, 0.5) is 4.39 Å². The second-order valence-electron chi connectivity index (χ2n) is 3.79. The van der Waals surface area contributed by atoms with Gasteiger partial charge in [-0.25, -0.2) is 9.37 Å². The van der Waals surface area contributed by atoms with Gasteiger partial charge in [0.15, 0.2) is 0 Å². The third-order valence-electron chi connectivity index (χ3n) is 2.40. The Kier molecular flexibility index (Phi) is 4.86. The van der Waals surface area contributed by atoms with Crippen LogP contribution in [0.5, 0.6) is 0 Å². The van der Waals surface area contributed by atoms with E-state index in [2.05, 4.69) is 42.2 Å². The molecule has 1 N–H and O–H groups in total. The summed E-state index contributed by atoms with van der Waals surface area (Å²) in [5.41, 5.74) is 1.55. The summed E-state index contributed by atoms with van der Waals surface area (Å²) in [5.74, 6) is -0.201. The van der Waals surface area contributed by atoms with E-state index in [1.54, 1.807) is 12.1 Å². The van der Waals surface area contributed by atoms with Gasteiger partial charge in [-0.15, -0.1) is 0 Å². The lowest BCUT2D eigenvalue weighted by Crippen LogP contribution is -2.14. The molecule has 0 aliphatic heterocycles. The third-order valence-corrected chi connectivity index (χ3v) is 3.34. The first kappa shape index (κ1) is 13.6. The molecule has 94 valence electrons. The Morgan fingerprint density at radius 3 is 2.72 bits per heavy atom. The standard InChI is InChI=1S/C13H11Br2FN2/c14-10-4-5-12(16)9(6-10)7-17-8-11-2-1-3-13(15)18-11/h1-6,17H,7-8H2. The van der Waals surface area contributed by atoms with E-state index >= 15 is 0 Å². The summed E-state index contributed by atoms with van der Waals surface area (Å²) in [7, 11) is 0. The first-order valence-corrected chi connectivity index (χ1v) is 7.00. The van der Waals surface area contributed by atoms with Crippen LogP contribution in [-0.2, 0) is 13.1 Å². The van der Waals surface area contributed by atoms with Gasteiger partial charge in [0, 0.05) is 23.1 Å². The van der Waals surface area contributed by atoms with Crippen molar-refractivity contribution in [1.82, 2.24) is 10.3 Å². The highest BCUT2D eigenvalue weighted by atomic mass is 79.9. The van der Waals surface area contributed by atoms with Crippen molar-refractivity contribution in [1.29, 1.82) is 0 Å². The van der Waals surface area contributed by atoms with Crippen molar-refractivity contribution in [3.8, 4) is 0 Å². The zero-order valence-electron chi connectivity index (χ0n) is 9.46. The van der Waals surface area contributed by atoms with Gasteiger partial charge < -0.3 is 5.32 Å². The molecule has 0 atom stereocenters. The minimum Gasteiger partial charge on any atom is -0.307 e. The van der Waals surface area contributed by atoms with Crippen molar-refractivity contribution in [2.24, 2.45) is 0 Å². The van der Waals surface area contributed by atoms with Crippen LogP contribution in [0.2, 0.25) is 0 Å². The fraction of sp³-hybridized carbons (Fsp3) is 0.154. The van der Waals surface area contributed by atoms with Gasteiger partial charge >= 0.3 is 0 Å². The molecule has 0 unspecified atom stereocenters. The van der Waals surface area contributed by atoms with E-state index in [9.17, 15) is 4.39 Å². The molecule has 2 rings (SSSR count). The zero-order chi connectivity index (χ0) is 13.0. The maximum absolute atomic E-state index is 13.5. The Balaban J connectivity index is 1.94. The Morgan fingerprint density at radius 2 is 1.94 bits per heavy atom. The summed E-state index contributed by atoms with van der Waals surface area (Å²) >= 11 is 6.64. The zero-order valence-corrected chi connectivity index (χ0v) is 12.6. The lowest BCUT2D eigenvalue weighted by molar-refractivity contribution is 0.585. The number of pyridine rings is 1. The van der Waals surface area contributed by atoms with Crippen molar-refractivity contribution in [2.45, 2.75) is 13.1 Å². The number of hydrogen-bond acceptors (Lipinski definition) is 2. The minimum absolute atomic E-state index is 0.201. The minimum atomic E-state index is -0.201. The number of hydrogen-bond donors (Lipinski definition) is 1. The SMILES string of the molecule is Fc1ccc(Br)cc1CNCc1cccc(Br)n1. The summed E-state index contributed by atoms with van der Waals surface area (Å²) in [4.78, 5) is 4.30. The molecule has 2 nitrogen and oxygen atoms in total. The second-order valence-corrected chi connectivity index (χ2v) is 5.52. The molecule has 5 heteroatoms. The van der Waals surface area contributed by atoms with Crippen LogP contribution in [-0.4, -0.2) is 4.98 Å². The highest BCUT2D eigenvalue weighted by Gasteiger charge is 2.02. The van der Waals surface area contributed by atoms with E-state index in [1.165, 1.54) is 6.07 Å². The first-order valence-electron chi connectivity index (χ1n) is 5.41. The molecule has 0 spiro atoms. The Morgan fingerprint density at radius 1 is 1.11 bits per heavy atom. The molecule has 0 bridgehead atoms. The molecule has 0 saturated carbocycles. The lowest BCUT2D eigenvalue weighted by Gasteiger charge is -2.06. The Labute approximate surface area is 122 Å². The maximum atomic E-state index is 13.5. The molecule has 0 aliphatic rings. The highest BCUT2D eigenvalue weighted by Crippen LogP contribution is 2.15. The van der Waals surface area contributed by atoms with E-state index < -0.39 is 0 Å². The number of rotatable bonds is 4. The van der Waals surface area contributed by atoms with E-state index in [0.717, 1.165) is 14.8 Å². The largest absolute Gasteiger partial charge is 0.307 e. The quantitative estimate of drug-likeness (QED) is 0.818.